The molecule has 1 aliphatic carbocycles. The minimum absolute atomic E-state index is 0.114. The van der Waals surface area contributed by atoms with Crippen molar-refractivity contribution in [3.63, 3.8) is 0 Å². The van der Waals surface area contributed by atoms with Crippen LogP contribution in [0, 0.1) is 5.82 Å². The maximum absolute atomic E-state index is 14.5. The van der Waals surface area contributed by atoms with Gasteiger partial charge in [0.05, 0.1) is 0 Å². The van der Waals surface area contributed by atoms with Gasteiger partial charge in [0.2, 0.25) is 0 Å². The van der Waals surface area contributed by atoms with Gasteiger partial charge >= 0.3 is 6.36 Å². The summed E-state index contributed by atoms with van der Waals surface area (Å²) >= 11 is 6.01. The van der Waals surface area contributed by atoms with Crippen molar-refractivity contribution in [1.82, 2.24) is 0 Å². The van der Waals surface area contributed by atoms with Crippen molar-refractivity contribution >= 4 is 11.6 Å². The fourth-order valence-electron chi connectivity index (χ4n) is 2.52. The van der Waals surface area contributed by atoms with Gasteiger partial charge in [-0.25, -0.2) is 4.39 Å². The zero-order chi connectivity index (χ0) is 16.6. The lowest BCUT2D eigenvalue weighted by Crippen LogP contribution is -2.17. The van der Waals surface area contributed by atoms with Crippen molar-refractivity contribution in [2.24, 2.45) is 0 Å². The van der Waals surface area contributed by atoms with Gasteiger partial charge in [-0.05, 0) is 47.6 Å². The van der Waals surface area contributed by atoms with Gasteiger partial charge in [-0.1, -0.05) is 35.9 Å². The summed E-state index contributed by atoms with van der Waals surface area (Å²) in [5.41, 5.74) is 1.74. The van der Waals surface area contributed by atoms with E-state index < -0.39 is 12.1 Å². The Morgan fingerprint density at radius 2 is 1.83 bits per heavy atom. The van der Waals surface area contributed by atoms with E-state index in [4.69, 9.17) is 11.6 Å². The van der Waals surface area contributed by atoms with Crippen molar-refractivity contribution in [1.29, 1.82) is 0 Å². The number of halogens is 5. The highest BCUT2D eigenvalue weighted by Crippen LogP contribution is 2.42. The van der Waals surface area contributed by atoms with Crippen LogP contribution in [0.4, 0.5) is 17.6 Å². The summed E-state index contributed by atoms with van der Waals surface area (Å²) in [5, 5.41) is 0.114. The Labute approximate surface area is 135 Å². The molecule has 0 spiro atoms. The molecule has 0 N–H and O–H groups in total. The molecule has 1 aliphatic rings. The molecule has 0 bridgehead atoms. The lowest BCUT2D eigenvalue weighted by molar-refractivity contribution is -0.274. The summed E-state index contributed by atoms with van der Waals surface area (Å²) in [6.45, 7) is 0. The number of hydrogen-bond acceptors (Lipinski definition) is 1. The van der Waals surface area contributed by atoms with Crippen LogP contribution >= 0.6 is 11.6 Å². The SMILES string of the molecule is Fc1c(Cc2ccc(OC(F)(F)F)cc2Cl)cccc1C1CC1. The standard InChI is InChI=1S/C17H13ClF4O/c18-15-9-13(23-17(20,21)22)7-6-11(15)8-12-2-1-3-14(16(12)19)10-4-5-10/h1-3,6-7,9-10H,4-5,8H2. The van der Waals surface area contributed by atoms with Crippen molar-refractivity contribution in [3.8, 4) is 5.75 Å². The molecule has 0 aromatic heterocycles. The molecule has 2 aromatic carbocycles. The van der Waals surface area contributed by atoms with Crippen molar-refractivity contribution in [2.45, 2.75) is 31.5 Å². The van der Waals surface area contributed by atoms with Crippen LogP contribution in [0.25, 0.3) is 0 Å². The van der Waals surface area contributed by atoms with E-state index in [0.29, 0.717) is 16.7 Å². The van der Waals surface area contributed by atoms with E-state index in [1.54, 1.807) is 18.2 Å². The van der Waals surface area contributed by atoms with Crippen LogP contribution in [0.15, 0.2) is 36.4 Å². The van der Waals surface area contributed by atoms with Crippen LogP contribution in [-0.4, -0.2) is 6.36 Å². The van der Waals surface area contributed by atoms with Gasteiger partial charge in [-0.2, -0.15) is 0 Å². The van der Waals surface area contributed by atoms with Gasteiger partial charge in [0.15, 0.2) is 0 Å². The zero-order valence-corrected chi connectivity index (χ0v) is 12.7. The first-order chi connectivity index (χ1) is 10.8. The molecule has 0 amide bonds. The van der Waals surface area contributed by atoms with E-state index in [9.17, 15) is 17.6 Å². The quantitative estimate of drug-likeness (QED) is 0.632. The van der Waals surface area contributed by atoms with Crippen LogP contribution in [0.2, 0.25) is 5.02 Å². The third-order valence-corrected chi connectivity index (χ3v) is 4.12. The molecule has 6 heteroatoms. The first-order valence-corrected chi connectivity index (χ1v) is 7.53. The molecule has 0 unspecified atom stereocenters. The Bertz CT molecular complexity index is 723. The number of benzene rings is 2. The van der Waals surface area contributed by atoms with E-state index in [1.807, 2.05) is 0 Å². The third kappa shape index (κ3) is 3.96. The molecule has 1 nitrogen and oxygen atoms in total. The molecule has 3 rings (SSSR count). The Morgan fingerprint density at radius 3 is 2.43 bits per heavy atom. The van der Waals surface area contributed by atoms with Crippen molar-refractivity contribution in [3.05, 3.63) is 63.9 Å². The zero-order valence-electron chi connectivity index (χ0n) is 12.0. The van der Waals surface area contributed by atoms with E-state index in [2.05, 4.69) is 4.74 Å². The number of rotatable bonds is 4. The van der Waals surface area contributed by atoms with Gasteiger partial charge in [0, 0.05) is 11.4 Å². The molecule has 122 valence electrons. The van der Waals surface area contributed by atoms with Crippen molar-refractivity contribution < 1.29 is 22.3 Å². The normalized spacial score (nSPS) is 14.8. The first-order valence-electron chi connectivity index (χ1n) is 7.15. The summed E-state index contributed by atoms with van der Waals surface area (Å²) in [7, 11) is 0. The Balaban J connectivity index is 1.82. The summed E-state index contributed by atoms with van der Waals surface area (Å²) < 4.78 is 54.8. The molecule has 0 aliphatic heterocycles. The monoisotopic (exact) mass is 344 g/mol. The number of hydrogen-bond donors (Lipinski definition) is 0. The highest BCUT2D eigenvalue weighted by Gasteiger charge is 2.31. The van der Waals surface area contributed by atoms with Crippen molar-refractivity contribution in [2.75, 3.05) is 0 Å². The predicted molar refractivity (Wildman–Crippen MR) is 79.3 cm³/mol. The molecule has 0 atom stereocenters. The summed E-state index contributed by atoms with van der Waals surface area (Å²) in [5.74, 6) is -0.354. The van der Waals surface area contributed by atoms with E-state index >= 15 is 0 Å². The average molecular weight is 345 g/mol. The number of ether oxygens (including phenoxy) is 1. The van der Waals surface area contributed by atoms with Crippen LogP contribution in [0.5, 0.6) is 5.75 Å². The maximum Gasteiger partial charge on any atom is 0.573 e. The Hall–Kier alpha value is -1.75. The van der Waals surface area contributed by atoms with E-state index in [-0.39, 0.29) is 23.2 Å². The predicted octanol–water partition coefficient (Wildman–Crippen LogP) is 5.85. The second-order valence-electron chi connectivity index (χ2n) is 5.57. The summed E-state index contributed by atoms with van der Waals surface area (Å²) in [6.07, 6.45) is -2.57. The largest absolute Gasteiger partial charge is 0.573 e. The fourth-order valence-corrected chi connectivity index (χ4v) is 2.76. The Kier molecular flexibility index (Phi) is 4.23. The first kappa shape index (κ1) is 16.1. The fraction of sp³-hybridized carbons (Fsp3) is 0.294. The second kappa shape index (κ2) is 6.04. The van der Waals surface area contributed by atoms with Gasteiger partial charge in [0.25, 0.3) is 0 Å². The highest BCUT2D eigenvalue weighted by atomic mass is 35.5. The minimum atomic E-state index is -4.77. The summed E-state index contributed by atoms with van der Waals surface area (Å²) in [6, 6.07) is 8.92. The molecule has 23 heavy (non-hydrogen) atoms. The van der Waals surface area contributed by atoms with Gasteiger partial charge in [-0.3, -0.25) is 0 Å². The lowest BCUT2D eigenvalue weighted by Gasteiger charge is -2.12. The van der Waals surface area contributed by atoms with Gasteiger partial charge in [-0.15, -0.1) is 13.2 Å². The smallest absolute Gasteiger partial charge is 0.406 e. The lowest BCUT2D eigenvalue weighted by atomic mass is 10.00. The van der Waals surface area contributed by atoms with E-state index in [0.717, 1.165) is 18.9 Å². The van der Waals surface area contributed by atoms with Gasteiger partial charge in [0.1, 0.15) is 11.6 Å². The van der Waals surface area contributed by atoms with Crippen LogP contribution in [0.1, 0.15) is 35.4 Å². The minimum Gasteiger partial charge on any atom is -0.406 e. The third-order valence-electron chi connectivity index (χ3n) is 3.76. The molecule has 1 fully saturated rings. The highest BCUT2D eigenvalue weighted by molar-refractivity contribution is 6.31. The van der Waals surface area contributed by atoms with Crippen LogP contribution < -0.4 is 4.74 Å². The van der Waals surface area contributed by atoms with Crippen LogP contribution in [0.3, 0.4) is 0 Å². The molecule has 0 saturated heterocycles. The summed E-state index contributed by atoms with van der Waals surface area (Å²) in [4.78, 5) is 0. The molecule has 0 radical (unpaired) electrons. The molecule has 0 heterocycles. The Morgan fingerprint density at radius 1 is 1.09 bits per heavy atom. The van der Waals surface area contributed by atoms with E-state index in [1.165, 1.54) is 12.1 Å². The maximum atomic E-state index is 14.5. The molecular weight excluding hydrogens is 332 g/mol. The second-order valence-corrected chi connectivity index (χ2v) is 5.98. The molecule has 1 saturated carbocycles. The number of alkyl halides is 3. The topological polar surface area (TPSA) is 9.23 Å². The van der Waals surface area contributed by atoms with Crippen LogP contribution in [-0.2, 0) is 6.42 Å². The molecule has 2 aromatic rings. The molecular formula is C17H13ClF4O. The van der Waals surface area contributed by atoms with Gasteiger partial charge < -0.3 is 4.74 Å². The average Bonchev–Trinajstić information content (AvgIpc) is 3.26.